The number of aryl methyl sites for hydroxylation is 3. The average molecular weight is 324 g/mol. The minimum atomic E-state index is -0.0721. The smallest absolute Gasteiger partial charge is 0.222 e. The van der Waals surface area contributed by atoms with E-state index in [4.69, 9.17) is 4.74 Å². The number of para-hydroxylation sites is 1. The van der Waals surface area contributed by atoms with Crippen molar-refractivity contribution in [3.8, 4) is 11.6 Å². The molecular formula is C19H20N2O3. The lowest BCUT2D eigenvalue weighted by molar-refractivity contribution is 0.298. The summed E-state index contributed by atoms with van der Waals surface area (Å²) < 4.78 is 7.44. The van der Waals surface area contributed by atoms with Crippen LogP contribution in [0.2, 0.25) is 0 Å². The van der Waals surface area contributed by atoms with Gasteiger partial charge in [-0.1, -0.05) is 30.3 Å². The Morgan fingerprint density at radius 1 is 1.08 bits per heavy atom. The van der Waals surface area contributed by atoms with Crippen LogP contribution < -0.4 is 4.74 Å². The van der Waals surface area contributed by atoms with Crippen LogP contribution in [0.5, 0.6) is 11.6 Å². The second kappa shape index (κ2) is 6.74. The van der Waals surface area contributed by atoms with Crippen molar-refractivity contribution in [2.75, 3.05) is 6.61 Å². The van der Waals surface area contributed by atoms with Gasteiger partial charge < -0.3 is 14.4 Å². The van der Waals surface area contributed by atoms with E-state index in [0.29, 0.717) is 19.6 Å². The molecule has 2 aromatic carbocycles. The highest BCUT2D eigenvalue weighted by Crippen LogP contribution is 2.41. The van der Waals surface area contributed by atoms with Crippen molar-refractivity contribution in [1.82, 2.24) is 4.57 Å². The maximum atomic E-state index is 11.2. The van der Waals surface area contributed by atoms with Crippen molar-refractivity contribution in [3.63, 3.8) is 0 Å². The third-order valence-corrected chi connectivity index (χ3v) is 4.19. The number of aromatic hydroxyl groups is 1. The van der Waals surface area contributed by atoms with E-state index in [1.807, 2.05) is 56.3 Å². The van der Waals surface area contributed by atoms with Gasteiger partial charge in [0, 0.05) is 11.9 Å². The van der Waals surface area contributed by atoms with Gasteiger partial charge in [0.05, 0.1) is 12.1 Å². The standard InChI is InChI=1S/C19H20N2O3/c1-13-9-10-14(2)18-16(13)17(20-23)19(22)21(18)11-6-12-24-15-7-4-3-5-8-15/h3-5,7-10,22H,6,11-12H2,1-2H3. The molecular weight excluding hydrogens is 304 g/mol. The zero-order chi connectivity index (χ0) is 17.1. The molecule has 0 spiro atoms. The summed E-state index contributed by atoms with van der Waals surface area (Å²) >= 11 is 0. The van der Waals surface area contributed by atoms with Crippen molar-refractivity contribution in [1.29, 1.82) is 0 Å². The molecule has 0 aliphatic carbocycles. The van der Waals surface area contributed by atoms with Crippen LogP contribution in [0.1, 0.15) is 17.5 Å². The molecule has 1 aromatic heterocycles. The summed E-state index contributed by atoms with van der Waals surface area (Å²) in [6.45, 7) is 4.96. The van der Waals surface area contributed by atoms with Crippen LogP contribution in [-0.2, 0) is 6.54 Å². The molecule has 3 aromatic rings. The molecule has 5 heteroatoms. The number of rotatable bonds is 6. The minimum Gasteiger partial charge on any atom is -0.494 e. The molecule has 0 amide bonds. The minimum absolute atomic E-state index is 0.0721. The van der Waals surface area contributed by atoms with Crippen LogP contribution >= 0.6 is 0 Å². The van der Waals surface area contributed by atoms with Crippen molar-refractivity contribution < 1.29 is 9.84 Å². The molecule has 5 nitrogen and oxygen atoms in total. The van der Waals surface area contributed by atoms with Gasteiger partial charge in [-0.05, 0) is 48.7 Å². The fourth-order valence-electron chi connectivity index (χ4n) is 3.02. The van der Waals surface area contributed by atoms with Gasteiger partial charge >= 0.3 is 0 Å². The molecule has 0 saturated carbocycles. The molecule has 1 N–H and O–H groups in total. The second-order valence-electron chi connectivity index (χ2n) is 5.85. The van der Waals surface area contributed by atoms with Gasteiger partial charge in [0.2, 0.25) is 5.88 Å². The van der Waals surface area contributed by atoms with Crippen molar-refractivity contribution in [2.45, 2.75) is 26.8 Å². The summed E-state index contributed by atoms with van der Waals surface area (Å²) in [6, 6.07) is 13.5. The highest BCUT2D eigenvalue weighted by Gasteiger charge is 2.20. The van der Waals surface area contributed by atoms with E-state index < -0.39 is 0 Å². The first-order chi connectivity index (χ1) is 11.6. The first-order valence-corrected chi connectivity index (χ1v) is 7.96. The van der Waals surface area contributed by atoms with Crippen molar-refractivity contribution in [2.24, 2.45) is 5.18 Å². The van der Waals surface area contributed by atoms with Crippen LogP contribution in [0.25, 0.3) is 10.9 Å². The Labute approximate surface area is 140 Å². The quantitative estimate of drug-likeness (QED) is 0.521. The Hall–Kier alpha value is -2.82. The number of hydrogen-bond donors (Lipinski definition) is 1. The number of nitroso groups, excluding NO2 is 1. The SMILES string of the molecule is Cc1ccc(C)c2c1c(N=O)c(O)n2CCCOc1ccccc1. The highest BCUT2D eigenvalue weighted by molar-refractivity contribution is 5.99. The number of hydrogen-bond acceptors (Lipinski definition) is 4. The summed E-state index contributed by atoms with van der Waals surface area (Å²) in [4.78, 5) is 11.2. The molecule has 0 atom stereocenters. The number of aromatic nitrogens is 1. The molecule has 0 aliphatic heterocycles. The largest absolute Gasteiger partial charge is 0.494 e. The van der Waals surface area contributed by atoms with Crippen LogP contribution in [0.15, 0.2) is 47.6 Å². The maximum absolute atomic E-state index is 11.2. The van der Waals surface area contributed by atoms with E-state index in [2.05, 4.69) is 5.18 Å². The van der Waals surface area contributed by atoms with Crippen LogP contribution in [0.3, 0.4) is 0 Å². The van der Waals surface area contributed by atoms with Gasteiger partial charge in [-0.25, -0.2) is 0 Å². The summed E-state index contributed by atoms with van der Waals surface area (Å²) in [6.07, 6.45) is 0.706. The van der Waals surface area contributed by atoms with E-state index in [1.54, 1.807) is 4.57 Å². The lowest BCUT2D eigenvalue weighted by Gasteiger charge is -2.10. The fraction of sp³-hybridized carbons (Fsp3) is 0.263. The Bertz CT molecular complexity index is 869. The van der Waals surface area contributed by atoms with Crippen LogP contribution in [-0.4, -0.2) is 16.3 Å². The van der Waals surface area contributed by atoms with Crippen molar-refractivity contribution in [3.05, 3.63) is 58.5 Å². The topological polar surface area (TPSA) is 63.8 Å². The van der Waals surface area contributed by atoms with E-state index in [0.717, 1.165) is 27.8 Å². The van der Waals surface area contributed by atoms with E-state index >= 15 is 0 Å². The molecule has 0 fully saturated rings. The fourth-order valence-corrected chi connectivity index (χ4v) is 3.02. The normalized spacial score (nSPS) is 10.9. The third kappa shape index (κ3) is 2.85. The molecule has 3 rings (SSSR count). The van der Waals surface area contributed by atoms with Crippen LogP contribution in [0, 0.1) is 18.8 Å². The number of fused-ring (bicyclic) bond motifs is 1. The molecule has 124 valence electrons. The molecule has 0 radical (unpaired) electrons. The number of ether oxygens (including phenoxy) is 1. The predicted octanol–water partition coefficient (Wildman–Crippen LogP) is 4.83. The highest BCUT2D eigenvalue weighted by atomic mass is 16.5. The Balaban J connectivity index is 1.83. The maximum Gasteiger partial charge on any atom is 0.222 e. The van der Waals surface area contributed by atoms with Gasteiger partial charge in [-0.2, -0.15) is 0 Å². The van der Waals surface area contributed by atoms with Gasteiger partial charge in [0.1, 0.15) is 5.75 Å². The molecule has 0 aliphatic rings. The van der Waals surface area contributed by atoms with Crippen molar-refractivity contribution >= 4 is 16.6 Å². The first kappa shape index (κ1) is 16.1. The first-order valence-electron chi connectivity index (χ1n) is 7.96. The molecule has 0 unspecified atom stereocenters. The molecule has 0 bridgehead atoms. The van der Waals surface area contributed by atoms with Gasteiger partial charge in [0.15, 0.2) is 5.69 Å². The lowest BCUT2D eigenvalue weighted by Crippen LogP contribution is -2.04. The lowest BCUT2D eigenvalue weighted by atomic mass is 10.1. The summed E-state index contributed by atoms with van der Waals surface area (Å²) in [5.41, 5.74) is 2.92. The molecule has 0 saturated heterocycles. The summed E-state index contributed by atoms with van der Waals surface area (Å²) in [5.74, 6) is 0.749. The average Bonchev–Trinajstić information content (AvgIpc) is 2.89. The number of benzene rings is 2. The zero-order valence-corrected chi connectivity index (χ0v) is 13.8. The second-order valence-corrected chi connectivity index (χ2v) is 5.85. The Kier molecular flexibility index (Phi) is 4.51. The summed E-state index contributed by atoms with van der Waals surface area (Å²) in [7, 11) is 0. The van der Waals surface area contributed by atoms with Gasteiger partial charge in [-0.15, -0.1) is 4.91 Å². The molecule has 24 heavy (non-hydrogen) atoms. The zero-order valence-electron chi connectivity index (χ0n) is 13.8. The third-order valence-electron chi connectivity index (χ3n) is 4.19. The Morgan fingerprint density at radius 2 is 1.79 bits per heavy atom. The predicted molar refractivity (Wildman–Crippen MR) is 95.1 cm³/mol. The van der Waals surface area contributed by atoms with Crippen LogP contribution in [0.4, 0.5) is 5.69 Å². The van der Waals surface area contributed by atoms with E-state index in [-0.39, 0.29) is 11.6 Å². The van der Waals surface area contributed by atoms with E-state index in [9.17, 15) is 10.0 Å². The summed E-state index contributed by atoms with van der Waals surface area (Å²) in [5, 5.41) is 14.2. The number of nitrogens with zero attached hydrogens (tertiary/aromatic N) is 2. The van der Waals surface area contributed by atoms with E-state index in [1.165, 1.54) is 0 Å². The monoisotopic (exact) mass is 324 g/mol. The molecule has 1 heterocycles. The van der Waals surface area contributed by atoms with Gasteiger partial charge in [-0.3, -0.25) is 0 Å². The Morgan fingerprint density at radius 3 is 2.50 bits per heavy atom. The van der Waals surface area contributed by atoms with Gasteiger partial charge in [0.25, 0.3) is 0 Å².